The molecule has 3 N–H and O–H groups in total. The highest BCUT2D eigenvalue weighted by molar-refractivity contribution is 8.76. The molecule has 2 spiro atoms. The van der Waals surface area contributed by atoms with Gasteiger partial charge in [0.2, 0.25) is 0 Å². The summed E-state index contributed by atoms with van der Waals surface area (Å²) in [5.74, 6) is 1.33. The summed E-state index contributed by atoms with van der Waals surface area (Å²) in [7, 11) is 3.01. The third-order valence-electron chi connectivity index (χ3n) is 10.7. The molecule has 4 aliphatic heterocycles. The molecule has 1 atom stereocenters. The van der Waals surface area contributed by atoms with Crippen molar-refractivity contribution in [1.29, 1.82) is 0 Å². The van der Waals surface area contributed by atoms with Crippen LogP contribution in [0.4, 0.5) is 4.79 Å². The highest BCUT2D eigenvalue weighted by Crippen LogP contribution is 2.58. The predicted molar refractivity (Wildman–Crippen MR) is 229 cm³/mol. The van der Waals surface area contributed by atoms with Gasteiger partial charge in [-0.15, -0.1) is 0 Å². The second-order valence-corrected chi connectivity index (χ2v) is 16.8. The van der Waals surface area contributed by atoms with E-state index in [4.69, 9.17) is 28.4 Å². The van der Waals surface area contributed by atoms with E-state index in [2.05, 4.69) is 4.98 Å². The fourth-order valence-electron chi connectivity index (χ4n) is 8.15. The number of nitrogens with zero attached hydrogens (tertiary/aromatic N) is 1. The van der Waals surface area contributed by atoms with Gasteiger partial charge in [0.25, 0.3) is 0 Å². The largest absolute Gasteiger partial charge is 0.513 e. The highest BCUT2D eigenvalue weighted by Gasteiger charge is 2.55. The first kappa shape index (κ1) is 39.5. The van der Waals surface area contributed by atoms with Gasteiger partial charge in [-0.05, 0) is 83.6 Å². The molecule has 15 heteroatoms. The monoisotopic (exact) mass is 877 g/mol. The molecule has 0 aliphatic carbocycles. The molecule has 11 rings (SSSR count). The van der Waals surface area contributed by atoms with Gasteiger partial charge in [-0.3, -0.25) is 0 Å². The number of ether oxygens (including phenoxy) is 6. The molecular formula is C48H31NO12S2. The van der Waals surface area contributed by atoms with E-state index in [9.17, 15) is 29.7 Å². The van der Waals surface area contributed by atoms with Crippen molar-refractivity contribution in [3.05, 3.63) is 190 Å². The number of aromatic hydroxyl groups is 3. The van der Waals surface area contributed by atoms with Gasteiger partial charge in [-0.25, -0.2) is 19.4 Å². The van der Waals surface area contributed by atoms with Crippen LogP contribution in [0.3, 0.4) is 0 Å². The molecule has 4 aliphatic rings. The van der Waals surface area contributed by atoms with E-state index >= 15 is 0 Å². The maximum absolute atomic E-state index is 12.9. The van der Waals surface area contributed by atoms with Gasteiger partial charge in [0.05, 0.1) is 11.1 Å². The van der Waals surface area contributed by atoms with Gasteiger partial charge in [0.1, 0.15) is 57.6 Å². The SMILES string of the molecule is O=C(OCCSSc1ccccn1)Oc1ccc2c(c1)Oc1cc(O)ccc1C21OC(=O)c2ccccc21.O=C1OC2(c3ccc(O)cc3Oc3cc(O)ccc32)c2ccccc21. The van der Waals surface area contributed by atoms with Crippen LogP contribution in [-0.2, 0) is 25.4 Å². The van der Waals surface area contributed by atoms with Gasteiger partial charge in [-0.1, -0.05) is 53.3 Å². The van der Waals surface area contributed by atoms with Crippen LogP contribution in [0, 0.1) is 0 Å². The number of carbonyl (C=O) groups excluding carboxylic acids is 3. The summed E-state index contributed by atoms with van der Waals surface area (Å²) in [5, 5.41) is 30.6. The van der Waals surface area contributed by atoms with Crippen LogP contribution in [0.1, 0.15) is 54.1 Å². The standard InChI is InChI=1S/C28H19NO7S2.C20H12O5/c30-17-8-10-21-23(15-17)35-24-16-18(34-27(32)33-13-14-37-38-25-7-3-4-12-29-25)9-11-22(24)28(21)20-6-2-1-5-19(20)26(31)36-28;21-11-5-7-15-17(9-11)24-18-10-12(22)6-8-16(18)20(15)14-4-2-1-3-13(14)19(23)25-20/h1-12,15-16,30H,13-14H2;1-10,21-22H. The number of hydrogen-bond acceptors (Lipinski definition) is 15. The summed E-state index contributed by atoms with van der Waals surface area (Å²) in [6, 6.07) is 38.9. The Morgan fingerprint density at radius 3 is 1.56 bits per heavy atom. The molecule has 1 unspecified atom stereocenters. The molecule has 0 amide bonds. The quantitative estimate of drug-likeness (QED) is 0.0472. The minimum atomic E-state index is -1.27. The zero-order chi connectivity index (χ0) is 43.3. The average Bonchev–Trinajstić information content (AvgIpc) is 3.74. The van der Waals surface area contributed by atoms with E-state index in [0.717, 1.165) is 5.03 Å². The van der Waals surface area contributed by atoms with Crippen LogP contribution < -0.4 is 14.2 Å². The fraction of sp³-hybridized carbons (Fsp3) is 0.0833. The van der Waals surface area contributed by atoms with Crippen molar-refractivity contribution in [2.75, 3.05) is 12.4 Å². The Kier molecular flexibility index (Phi) is 9.84. The Balaban J connectivity index is 0.000000163. The number of carbonyl (C=O) groups is 3. The van der Waals surface area contributed by atoms with Crippen molar-refractivity contribution in [2.45, 2.75) is 16.2 Å². The molecular weight excluding hydrogens is 847 g/mol. The lowest BCUT2D eigenvalue weighted by atomic mass is 9.77. The lowest BCUT2D eigenvalue weighted by molar-refractivity contribution is 0.0214. The topological polar surface area (TPSA) is 180 Å². The molecule has 5 heterocycles. The minimum absolute atomic E-state index is 0.00461. The average molecular weight is 878 g/mol. The summed E-state index contributed by atoms with van der Waals surface area (Å²) < 4.78 is 34.5. The number of hydrogen-bond donors (Lipinski definition) is 3. The molecule has 6 aromatic carbocycles. The number of aromatic nitrogens is 1. The lowest BCUT2D eigenvalue weighted by Crippen LogP contribution is -2.33. The normalized spacial score (nSPS) is 16.3. The smallest absolute Gasteiger partial charge is 0.508 e. The first-order valence-electron chi connectivity index (χ1n) is 19.4. The molecule has 63 heavy (non-hydrogen) atoms. The van der Waals surface area contributed by atoms with Crippen molar-refractivity contribution < 1.29 is 58.1 Å². The molecule has 312 valence electrons. The molecule has 7 aromatic rings. The van der Waals surface area contributed by atoms with Crippen LogP contribution in [0.25, 0.3) is 0 Å². The first-order valence-corrected chi connectivity index (χ1v) is 21.7. The third-order valence-corrected chi connectivity index (χ3v) is 12.9. The second-order valence-electron chi connectivity index (χ2n) is 14.4. The van der Waals surface area contributed by atoms with Crippen molar-refractivity contribution in [3.8, 4) is 46.0 Å². The van der Waals surface area contributed by atoms with Crippen molar-refractivity contribution in [1.82, 2.24) is 4.98 Å². The van der Waals surface area contributed by atoms with E-state index < -0.39 is 29.3 Å². The Labute approximate surface area is 366 Å². The van der Waals surface area contributed by atoms with E-state index in [1.165, 1.54) is 64.1 Å². The van der Waals surface area contributed by atoms with Crippen LogP contribution in [0.2, 0.25) is 0 Å². The van der Waals surface area contributed by atoms with Crippen LogP contribution in [0.5, 0.6) is 46.0 Å². The Morgan fingerprint density at radius 2 is 1.05 bits per heavy atom. The number of benzene rings is 6. The molecule has 0 bridgehead atoms. The minimum Gasteiger partial charge on any atom is -0.508 e. The van der Waals surface area contributed by atoms with Gasteiger partial charge >= 0.3 is 18.1 Å². The zero-order valence-corrected chi connectivity index (χ0v) is 34.2. The van der Waals surface area contributed by atoms with Crippen molar-refractivity contribution in [2.24, 2.45) is 0 Å². The predicted octanol–water partition coefficient (Wildman–Crippen LogP) is 9.98. The molecule has 0 saturated carbocycles. The van der Waals surface area contributed by atoms with E-state index in [1.807, 2.05) is 42.5 Å². The first-order chi connectivity index (χ1) is 30.6. The summed E-state index contributed by atoms with van der Waals surface area (Å²) in [6.45, 7) is 0.160. The van der Waals surface area contributed by atoms with Gasteiger partial charge in [0.15, 0.2) is 11.2 Å². The molecule has 0 saturated heterocycles. The second kappa shape index (κ2) is 15.7. The Bertz CT molecular complexity index is 2950. The molecule has 13 nitrogen and oxygen atoms in total. The van der Waals surface area contributed by atoms with Crippen LogP contribution in [0.15, 0.2) is 151 Å². The van der Waals surface area contributed by atoms with Gasteiger partial charge in [-0.2, -0.15) is 0 Å². The summed E-state index contributed by atoms with van der Waals surface area (Å²) in [6.07, 6.45) is 0.868. The van der Waals surface area contributed by atoms with Crippen LogP contribution >= 0.6 is 21.6 Å². The summed E-state index contributed by atoms with van der Waals surface area (Å²) >= 11 is 0. The maximum atomic E-state index is 12.9. The van der Waals surface area contributed by atoms with Crippen LogP contribution in [-0.4, -0.2) is 50.8 Å². The number of pyridine rings is 1. The van der Waals surface area contributed by atoms with Crippen molar-refractivity contribution in [3.63, 3.8) is 0 Å². The zero-order valence-electron chi connectivity index (χ0n) is 32.6. The molecule has 1 aromatic heterocycles. The van der Waals surface area contributed by atoms with E-state index in [1.54, 1.807) is 60.8 Å². The highest BCUT2D eigenvalue weighted by atomic mass is 33.1. The van der Waals surface area contributed by atoms with Gasteiger partial charge < -0.3 is 43.7 Å². The number of rotatable bonds is 6. The molecule has 0 fully saturated rings. The lowest BCUT2D eigenvalue weighted by Gasteiger charge is -2.36. The molecule has 0 radical (unpaired) electrons. The number of phenolic OH excluding ortho intramolecular Hbond substituents is 3. The van der Waals surface area contributed by atoms with E-state index in [-0.39, 0.29) is 29.6 Å². The Morgan fingerprint density at radius 1 is 0.571 bits per heavy atom. The maximum Gasteiger partial charge on any atom is 0.513 e. The van der Waals surface area contributed by atoms with Crippen molar-refractivity contribution >= 4 is 39.7 Å². The Hall–Kier alpha value is -7.62. The summed E-state index contributed by atoms with van der Waals surface area (Å²) in [4.78, 5) is 41.9. The summed E-state index contributed by atoms with van der Waals surface area (Å²) in [5.41, 5.74) is 2.27. The van der Waals surface area contributed by atoms with Gasteiger partial charge in [0, 0.05) is 69.6 Å². The number of phenols is 3. The number of esters is 2. The number of fused-ring (bicyclic) bond motifs is 12. The van der Waals surface area contributed by atoms with E-state index in [0.29, 0.717) is 73.3 Å². The third kappa shape index (κ3) is 6.78. The fourth-order valence-corrected chi connectivity index (χ4v) is 9.85.